The molecule has 1 rings (SSSR count). The van der Waals surface area contributed by atoms with Gasteiger partial charge in [0.05, 0.1) is 13.0 Å². The van der Waals surface area contributed by atoms with Crippen LogP contribution in [-0.2, 0) is 26.1 Å². The molecule has 0 aliphatic rings. The van der Waals surface area contributed by atoms with Gasteiger partial charge in [-0.15, -0.1) is 0 Å². The van der Waals surface area contributed by atoms with E-state index in [1.165, 1.54) is 13.2 Å². The number of imidazole rings is 1. The minimum atomic E-state index is -3.67. The molecule has 0 N–H and O–H groups in total. The molecule has 1 aromatic heterocycles. The van der Waals surface area contributed by atoms with Crippen LogP contribution in [0.25, 0.3) is 0 Å². The zero-order chi connectivity index (χ0) is 15.3. The predicted octanol–water partition coefficient (Wildman–Crippen LogP) is 0.785. The Morgan fingerprint density at radius 1 is 1.45 bits per heavy atom. The lowest BCUT2D eigenvalue weighted by atomic mass is 10.4. The van der Waals surface area contributed by atoms with Crippen molar-refractivity contribution in [2.24, 2.45) is 0 Å². The molecule has 0 aliphatic carbocycles. The molecule has 0 bridgehead atoms. The fourth-order valence-electron chi connectivity index (χ4n) is 1.69. The Labute approximate surface area is 119 Å². The van der Waals surface area contributed by atoms with Crippen molar-refractivity contribution in [1.29, 1.82) is 0 Å². The fraction of sp³-hybridized carbons (Fsp3) is 0.667. The minimum absolute atomic E-state index is 0.00297. The van der Waals surface area contributed by atoms with Crippen LogP contribution in [0.15, 0.2) is 11.2 Å². The Bertz CT molecular complexity index is 565. The molecule has 8 heteroatoms. The van der Waals surface area contributed by atoms with Crippen LogP contribution in [-0.4, -0.2) is 48.4 Å². The Morgan fingerprint density at radius 2 is 2.10 bits per heavy atom. The SMILES string of the molecule is CCOC(=O)CCN(C)S(=O)(=O)c1cn(CC)c(C)n1. The van der Waals surface area contributed by atoms with E-state index in [2.05, 4.69) is 4.98 Å². The Balaban J connectivity index is 2.79. The molecule has 0 spiro atoms. The molecule has 0 aromatic carbocycles. The molecule has 0 amide bonds. The number of hydrogen-bond acceptors (Lipinski definition) is 5. The summed E-state index contributed by atoms with van der Waals surface area (Å²) in [7, 11) is -2.24. The first-order valence-electron chi connectivity index (χ1n) is 6.48. The molecule has 0 radical (unpaired) electrons. The number of hydrogen-bond donors (Lipinski definition) is 0. The molecule has 0 aliphatic heterocycles. The number of sulfonamides is 1. The zero-order valence-corrected chi connectivity index (χ0v) is 13.1. The largest absolute Gasteiger partial charge is 0.466 e. The molecule has 7 nitrogen and oxygen atoms in total. The van der Waals surface area contributed by atoms with Gasteiger partial charge in [0.25, 0.3) is 10.0 Å². The highest BCUT2D eigenvalue weighted by atomic mass is 32.2. The second kappa shape index (κ2) is 6.85. The van der Waals surface area contributed by atoms with Crippen molar-refractivity contribution < 1.29 is 17.9 Å². The van der Waals surface area contributed by atoms with Crippen molar-refractivity contribution in [3.05, 3.63) is 12.0 Å². The Kier molecular flexibility index (Phi) is 5.70. The maximum atomic E-state index is 12.3. The molecule has 1 heterocycles. The highest BCUT2D eigenvalue weighted by Crippen LogP contribution is 2.14. The van der Waals surface area contributed by atoms with Crippen molar-refractivity contribution in [1.82, 2.24) is 13.9 Å². The minimum Gasteiger partial charge on any atom is -0.466 e. The molecule has 114 valence electrons. The van der Waals surface area contributed by atoms with Gasteiger partial charge in [0.1, 0.15) is 5.82 Å². The summed E-state index contributed by atoms with van der Waals surface area (Å²) in [6.45, 7) is 6.38. The quantitative estimate of drug-likeness (QED) is 0.695. The average molecular weight is 303 g/mol. The number of aromatic nitrogens is 2. The van der Waals surface area contributed by atoms with Gasteiger partial charge in [0.15, 0.2) is 5.03 Å². The van der Waals surface area contributed by atoms with E-state index in [0.29, 0.717) is 12.4 Å². The van der Waals surface area contributed by atoms with Crippen LogP contribution in [0.5, 0.6) is 0 Å². The second-order valence-electron chi connectivity index (χ2n) is 4.29. The van der Waals surface area contributed by atoms with Crippen molar-refractivity contribution in [2.75, 3.05) is 20.2 Å². The third-order valence-corrected chi connectivity index (χ3v) is 4.63. The second-order valence-corrected chi connectivity index (χ2v) is 6.29. The number of rotatable bonds is 7. The van der Waals surface area contributed by atoms with Gasteiger partial charge in [-0.05, 0) is 20.8 Å². The first-order valence-corrected chi connectivity index (χ1v) is 7.92. The summed E-state index contributed by atoms with van der Waals surface area (Å²) in [5.41, 5.74) is 0. The number of aryl methyl sites for hydroxylation is 2. The summed E-state index contributed by atoms with van der Waals surface area (Å²) < 4.78 is 32.2. The lowest BCUT2D eigenvalue weighted by molar-refractivity contribution is -0.143. The van der Waals surface area contributed by atoms with Gasteiger partial charge in [-0.1, -0.05) is 0 Å². The number of esters is 1. The van der Waals surface area contributed by atoms with E-state index in [1.54, 1.807) is 18.4 Å². The third kappa shape index (κ3) is 3.80. The molecular formula is C12H21N3O4S. The van der Waals surface area contributed by atoms with Crippen molar-refractivity contribution in [3.8, 4) is 0 Å². The standard InChI is InChI=1S/C12H21N3O4S/c1-5-15-9-11(13-10(15)3)20(17,18)14(4)8-7-12(16)19-6-2/h9H,5-8H2,1-4H3. The van der Waals surface area contributed by atoms with Crippen LogP contribution in [0, 0.1) is 6.92 Å². The normalized spacial score (nSPS) is 11.8. The first kappa shape index (κ1) is 16.6. The van der Waals surface area contributed by atoms with Crippen LogP contribution >= 0.6 is 0 Å². The predicted molar refractivity (Wildman–Crippen MR) is 73.7 cm³/mol. The average Bonchev–Trinajstić information content (AvgIpc) is 2.78. The number of nitrogens with zero attached hydrogens (tertiary/aromatic N) is 3. The molecule has 0 saturated carbocycles. The first-order chi connectivity index (χ1) is 9.32. The Morgan fingerprint density at radius 3 is 2.60 bits per heavy atom. The summed E-state index contributed by atoms with van der Waals surface area (Å²) in [4.78, 5) is 15.3. The summed E-state index contributed by atoms with van der Waals surface area (Å²) in [6, 6.07) is 0. The van der Waals surface area contributed by atoms with E-state index < -0.39 is 16.0 Å². The van der Waals surface area contributed by atoms with E-state index in [0.717, 1.165) is 4.31 Å². The van der Waals surface area contributed by atoms with E-state index in [1.807, 2.05) is 6.92 Å². The molecule has 0 saturated heterocycles. The van der Waals surface area contributed by atoms with E-state index in [9.17, 15) is 13.2 Å². The molecular weight excluding hydrogens is 282 g/mol. The van der Waals surface area contributed by atoms with Gasteiger partial charge in [0.2, 0.25) is 0 Å². The molecule has 1 aromatic rings. The number of ether oxygens (including phenoxy) is 1. The highest BCUT2D eigenvalue weighted by molar-refractivity contribution is 7.89. The summed E-state index contributed by atoms with van der Waals surface area (Å²) in [5, 5.41) is 0.00297. The maximum Gasteiger partial charge on any atom is 0.307 e. The fourth-order valence-corrected chi connectivity index (χ4v) is 2.84. The van der Waals surface area contributed by atoms with Crippen LogP contribution < -0.4 is 0 Å². The number of carbonyl (C=O) groups excluding carboxylic acids is 1. The third-order valence-electron chi connectivity index (χ3n) is 2.91. The van der Waals surface area contributed by atoms with Gasteiger partial charge in [-0.25, -0.2) is 13.4 Å². The lowest BCUT2D eigenvalue weighted by Crippen LogP contribution is -2.29. The summed E-state index contributed by atoms with van der Waals surface area (Å²) in [6.07, 6.45) is 1.53. The summed E-state index contributed by atoms with van der Waals surface area (Å²) >= 11 is 0. The topological polar surface area (TPSA) is 81.5 Å². The van der Waals surface area contributed by atoms with Crippen molar-refractivity contribution >= 4 is 16.0 Å². The van der Waals surface area contributed by atoms with Gasteiger partial charge < -0.3 is 9.30 Å². The van der Waals surface area contributed by atoms with Gasteiger partial charge in [0, 0.05) is 26.3 Å². The molecule has 0 atom stereocenters. The number of carbonyl (C=O) groups is 1. The zero-order valence-electron chi connectivity index (χ0n) is 12.3. The van der Waals surface area contributed by atoms with E-state index in [4.69, 9.17) is 4.74 Å². The van der Waals surface area contributed by atoms with Gasteiger partial charge >= 0.3 is 5.97 Å². The Hall–Kier alpha value is -1.41. The summed E-state index contributed by atoms with van der Waals surface area (Å²) in [5.74, 6) is 0.231. The van der Waals surface area contributed by atoms with Crippen LogP contribution in [0.1, 0.15) is 26.1 Å². The van der Waals surface area contributed by atoms with Crippen LogP contribution in [0.4, 0.5) is 0 Å². The van der Waals surface area contributed by atoms with E-state index in [-0.39, 0.29) is 24.6 Å². The van der Waals surface area contributed by atoms with Gasteiger partial charge in [-0.3, -0.25) is 4.79 Å². The van der Waals surface area contributed by atoms with Crippen molar-refractivity contribution in [2.45, 2.75) is 38.8 Å². The molecule has 0 unspecified atom stereocenters. The molecule has 0 fully saturated rings. The van der Waals surface area contributed by atoms with Gasteiger partial charge in [-0.2, -0.15) is 4.31 Å². The van der Waals surface area contributed by atoms with Crippen molar-refractivity contribution in [3.63, 3.8) is 0 Å². The molecule has 20 heavy (non-hydrogen) atoms. The maximum absolute atomic E-state index is 12.3. The highest BCUT2D eigenvalue weighted by Gasteiger charge is 2.24. The smallest absolute Gasteiger partial charge is 0.307 e. The monoisotopic (exact) mass is 303 g/mol. The lowest BCUT2D eigenvalue weighted by Gasteiger charge is -2.14. The van der Waals surface area contributed by atoms with E-state index >= 15 is 0 Å². The van der Waals surface area contributed by atoms with Crippen LogP contribution in [0.2, 0.25) is 0 Å². The van der Waals surface area contributed by atoms with Crippen LogP contribution in [0.3, 0.4) is 0 Å².